The van der Waals surface area contributed by atoms with Gasteiger partial charge in [0, 0.05) is 50.1 Å². The Morgan fingerprint density at radius 2 is 2.04 bits per heavy atom. The minimum atomic E-state index is 0.117. The summed E-state index contributed by atoms with van der Waals surface area (Å²) < 4.78 is 4.13. The van der Waals surface area contributed by atoms with Crippen molar-refractivity contribution in [3.63, 3.8) is 0 Å². The Morgan fingerprint density at radius 1 is 1.25 bits per heavy atom. The van der Waals surface area contributed by atoms with Crippen LogP contribution in [-0.4, -0.2) is 31.8 Å². The number of aromatic nitrogens is 4. The summed E-state index contributed by atoms with van der Waals surface area (Å²) >= 11 is 0. The molecule has 132 valence electrons. The molecule has 2 aromatic rings. The van der Waals surface area contributed by atoms with E-state index in [1.165, 1.54) is 0 Å². The van der Waals surface area contributed by atoms with Crippen molar-refractivity contribution in [1.29, 1.82) is 0 Å². The summed E-state index contributed by atoms with van der Waals surface area (Å²) in [6.07, 6.45) is 6.12. The monoisotopic (exact) mass is 331 g/mol. The number of nitrogens with zero attached hydrogens (tertiary/aromatic N) is 4. The van der Waals surface area contributed by atoms with E-state index in [1.807, 2.05) is 30.9 Å². The molecule has 1 N–H and O–H groups in total. The van der Waals surface area contributed by atoms with E-state index in [0.29, 0.717) is 18.9 Å². The van der Waals surface area contributed by atoms with Gasteiger partial charge in [-0.25, -0.2) is 4.98 Å². The molecule has 2 heterocycles. The van der Waals surface area contributed by atoms with Crippen LogP contribution in [0.1, 0.15) is 56.2 Å². The maximum absolute atomic E-state index is 11.9. The normalized spacial score (nSPS) is 11.2. The summed E-state index contributed by atoms with van der Waals surface area (Å²) in [5, 5.41) is 7.41. The van der Waals surface area contributed by atoms with Crippen molar-refractivity contribution in [1.82, 2.24) is 24.6 Å². The van der Waals surface area contributed by atoms with Gasteiger partial charge in [-0.1, -0.05) is 13.8 Å². The van der Waals surface area contributed by atoms with Crippen molar-refractivity contribution in [2.75, 3.05) is 6.54 Å². The number of hydrogen-bond donors (Lipinski definition) is 1. The van der Waals surface area contributed by atoms with Crippen LogP contribution in [0.15, 0.2) is 18.5 Å². The van der Waals surface area contributed by atoms with Crippen LogP contribution in [0, 0.1) is 13.8 Å². The lowest BCUT2D eigenvalue weighted by atomic mass is 10.2. The first-order valence-corrected chi connectivity index (χ1v) is 8.76. The Balaban J connectivity index is 1.61. The fourth-order valence-corrected chi connectivity index (χ4v) is 2.87. The lowest BCUT2D eigenvalue weighted by Crippen LogP contribution is -2.25. The molecule has 1 amide bonds. The molecule has 0 aliphatic carbocycles. The van der Waals surface area contributed by atoms with Crippen molar-refractivity contribution >= 4 is 5.91 Å². The lowest BCUT2D eigenvalue weighted by Gasteiger charge is -2.11. The summed E-state index contributed by atoms with van der Waals surface area (Å²) in [6, 6.07) is 2.06. The predicted molar refractivity (Wildman–Crippen MR) is 94.9 cm³/mol. The molecule has 0 radical (unpaired) electrons. The van der Waals surface area contributed by atoms with Gasteiger partial charge in [0.1, 0.15) is 5.82 Å². The van der Waals surface area contributed by atoms with Crippen LogP contribution in [0.4, 0.5) is 0 Å². The van der Waals surface area contributed by atoms with Gasteiger partial charge in [-0.15, -0.1) is 0 Å². The van der Waals surface area contributed by atoms with Gasteiger partial charge >= 0.3 is 0 Å². The van der Waals surface area contributed by atoms with Crippen LogP contribution in [0.3, 0.4) is 0 Å². The fraction of sp³-hybridized carbons (Fsp3) is 0.611. The van der Waals surface area contributed by atoms with E-state index in [1.54, 1.807) is 0 Å². The quantitative estimate of drug-likeness (QED) is 0.719. The molecule has 0 saturated carbocycles. The van der Waals surface area contributed by atoms with Gasteiger partial charge in [-0.3, -0.25) is 9.48 Å². The Labute approximate surface area is 144 Å². The molecule has 0 atom stereocenters. The highest BCUT2D eigenvalue weighted by molar-refractivity contribution is 5.75. The smallest absolute Gasteiger partial charge is 0.220 e. The highest BCUT2D eigenvalue weighted by Gasteiger charge is 2.07. The van der Waals surface area contributed by atoms with E-state index in [0.717, 1.165) is 43.1 Å². The van der Waals surface area contributed by atoms with E-state index >= 15 is 0 Å². The topological polar surface area (TPSA) is 64.7 Å². The first-order chi connectivity index (χ1) is 11.5. The molecule has 0 unspecified atom stereocenters. The number of rotatable bonds is 9. The van der Waals surface area contributed by atoms with E-state index in [9.17, 15) is 4.79 Å². The summed E-state index contributed by atoms with van der Waals surface area (Å²) in [7, 11) is 0. The number of hydrogen-bond acceptors (Lipinski definition) is 3. The third-order valence-electron chi connectivity index (χ3n) is 4.04. The Hall–Kier alpha value is -2.11. The number of amides is 1. The van der Waals surface area contributed by atoms with Crippen LogP contribution >= 0.6 is 0 Å². The fourth-order valence-electron chi connectivity index (χ4n) is 2.87. The molecule has 2 aromatic heterocycles. The second-order valence-corrected chi connectivity index (χ2v) is 6.59. The predicted octanol–water partition coefficient (Wildman–Crippen LogP) is 2.81. The summed E-state index contributed by atoms with van der Waals surface area (Å²) in [5.41, 5.74) is 2.17. The highest BCUT2D eigenvalue weighted by atomic mass is 16.1. The van der Waals surface area contributed by atoms with Crippen LogP contribution in [0.25, 0.3) is 0 Å². The van der Waals surface area contributed by atoms with E-state index in [4.69, 9.17) is 0 Å². The Kier molecular flexibility index (Phi) is 6.58. The number of imidazole rings is 1. The van der Waals surface area contributed by atoms with Crippen LogP contribution in [0.5, 0.6) is 0 Å². The van der Waals surface area contributed by atoms with Gasteiger partial charge in [0.15, 0.2) is 0 Å². The van der Waals surface area contributed by atoms with Crippen molar-refractivity contribution in [2.24, 2.45) is 0 Å². The zero-order valence-corrected chi connectivity index (χ0v) is 15.2. The molecule has 0 aliphatic rings. The van der Waals surface area contributed by atoms with Crippen LogP contribution in [-0.2, 0) is 17.9 Å². The molecule has 0 aliphatic heterocycles. The number of nitrogens with one attached hydrogen (secondary N) is 1. The summed E-state index contributed by atoms with van der Waals surface area (Å²) in [4.78, 5) is 16.3. The zero-order valence-electron chi connectivity index (χ0n) is 15.2. The number of carbonyl (C=O) groups is 1. The lowest BCUT2D eigenvalue weighted by molar-refractivity contribution is -0.121. The van der Waals surface area contributed by atoms with Gasteiger partial charge in [0.05, 0.1) is 5.69 Å². The second-order valence-electron chi connectivity index (χ2n) is 6.59. The molecule has 6 heteroatoms. The molecule has 0 fully saturated rings. The van der Waals surface area contributed by atoms with Crippen molar-refractivity contribution in [3.05, 3.63) is 35.7 Å². The van der Waals surface area contributed by atoms with E-state index in [2.05, 4.69) is 39.9 Å². The largest absolute Gasteiger partial charge is 0.356 e. The third kappa shape index (κ3) is 5.22. The SMILES string of the molecule is Cc1cc(C)n(CCCC(=O)NCCCn2ccnc2C(C)C)n1. The molecule has 6 nitrogen and oxygen atoms in total. The second kappa shape index (κ2) is 8.66. The molecule has 24 heavy (non-hydrogen) atoms. The van der Waals surface area contributed by atoms with Gasteiger partial charge in [-0.05, 0) is 32.8 Å². The highest BCUT2D eigenvalue weighted by Crippen LogP contribution is 2.11. The van der Waals surface area contributed by atoms with E-state index < -0.39 is 0 Å². The maximum atomic E-state index is 11.9. The molecule has 0 spiro atoms. The third-order valence-corrected chi connectivity index (χ3v) is 4.04. The number of aryl methyl sites for hydroxylation is 4. The van der Waals surface area contributed by atoms with Gasteiger partial charge in [-0.2, -0.15) is 5.10 Å². The van der Waals surface area contributed by atoms with Crippen molar-refractivity contribution < 1.29 is 4.79 Å². The standard InChI is InChI=1S/C18H29N5O/c1-14(2)18-20-9-12-22(18)10-6-8-19-17(24)7-5-11-23-16(4)13-15(3)21-23/h9,12-14H,5-8,10-11H2,1-4H3,(H,19,24). The molecule has 0 bridgehead atoms. The average molecular weight is 331 g/mol. The first kappa shape index (κ1) is 18.2. The molecular formula is C18H29N5O. The summed E-state index contributed by atoms with van der Waals surface area (Å²) in [5.74, 6) is 1.64. The number of carbonyl (C=O) groups excluding carboxylic acids is 1. The van der Waals surface area contributed by atoms with Crippen molar-refractivity contribution in [3.8, 4) is 0 Å². The van der Waals surface area contributed by atoms with Gasteiger partial charge in [0.2, 0.25) is 5.91 Å². The molecular weight excluding hydrogens is 302 g/mol. The maximum Gasteiger partial charge on any atom is 0.220 e. The minimum Gasteiger partial charge on any atom is -0.356 e. The minimum absolute atomic E-state index is 0.117. The van der Waals surface area contributed by atoms with Gasteiger partial charge in [0.25, 0.3) is 0 Å². The summed E-state index contributed by atoms with van der Waals surface area (Å²) in [6.45, 7) is 10.7. The Morgan fingerprint density at radius 3 is 2.71 bits per heavy atom. The first-order valence-electron chi connectivity index (χ1n) is 8.76. The average Bonchev–Trinajstić information content (AvgIpc) is 3.10. The van der Waals surface area contributed by atoms with Crippen molar-refractivity contribution in [2.45, 2.75) is 66.0 Å². The van der Waals surface area contributed by atoms with Crippen LogP contribution < -0.4 is 5.32 Å². The molecule has 0 aromatic carbocycles. The molecule has 0 saturated heterocycles. The zero-order chi connectivity index (χ0) is 17.5. The van der Waals surface area contributed by atoms with Crippen LogP contribution in [0.2, 0.25) is 0 Å². The Bertz CT molecular complexity index is 656. The van der Waals surface area contributed by atoms with E-state index in [-0.39, 0.29) is 5.91 Å². The van der Waals surface area contributed by atoms with Gasteiger partial charge < -0.3 is 9.88 Å². The molecule has 2 rings (SSSR count).